The normalized spacial score (nSPS) is 17.0. The minimum absolute atomic E-state index is 0.0618. The lowest BCUT2D eigenvalue weighted by atomic mass is 9.97. The van der Waals surface area contributed by atoms with Crippen molar-refractivity contribution in [1.82, 2.24) is 5.32 Å². The van der Waals surface area contributed by atoms with Gasteiger partial charge in [0.25, 0.3) is 0 Å². The summed E-state index contributed by atoms with van der Waals surface area (Å²) in [6.45, 7) is 6.61. The second kappa shape index (κ2) is 9.79. The average molecular weight is 397 g/mol. The number of amides is 1. The molecule has 1 amide bonds. The van der Waals surface area contributed by atoms with Gasteiger partial charge in [-0.25, -0.2) is 0 Å². The van der Waals surface area contributed by atoms with Gasteiger partial charge in [0.1, 0.15) is 0 Å². The van der Waals surface area contributed by atoms with Crippen molar-refractivity contribution in [3.8, 4) is 0 Å². The van der Waals surface area contributed by atoms with Gasteiger partial charge in [-0.1, -0.05) is 48.9 Å². The Morgan fingerprint density at radius 2 is 2.04 bits per heavy atom. The molecule has 0 aromatic heterocycles. The summed E-state index contributed by atoms with van der Waals surface area (Å²) in [6.07, 6.45) is 4.92. The molecule has 0 spiro atoms. The van der Waals surface area contributed by atoms with Gasteiger partial charge in [-0.2, -0.15) is 0 Å². The van der Waals surface area contributed by atoms with Crippen molar-refractivity contribution >= 4 is 28.8 Å². The summed E-state index contributed by atoms with van der Waals surface area (Å²) in [5, 5.41) is 3.90. The zero-order valence-electron chi connectivity index (χ0n) is 16.7. The van der Waals surface area contributed by atoms with E-state index in [0.717, 1.165) is 37.4 Å². The van der Waals surface area contributed by atoms with E-state index in [9.17, 15) is 4.79 Å². The smallest absolute Gasteiger partial charge is 0.224 e. The lowest BCUT2D eigenvalue weighted by Crippen LogP contribution is -2.33. The van der Waals surface area contributed by atoms with Gasteiger partial charge in [-0.05, 0) is 67.2 Å². The van der Waals surface area contributed by atoms with E-state index in [4.69, 9.17) is 11.6 Å². The number of hydrogen-bond acceptors (Lipinski definition) is 2. The molecule has 0 radical (unpaired) electrons. The Morgan fingerprint density at radius 1 is 1.25 bits per heavy atom. The van der Waals surface area contributed by atoms with Crippen molar-refractivity contribution in [3.05, 3.63) is 70.8 Å². The number of aryl methyl sites for hydroxylation is 1. The number of hydrogen-bond donors (Lipinski definition) is 1. The summed E-state index contributed by atoms with van der Waals surface area (Å²) < 4.78 is 0. The number of para-hydroxylation sites is 1. The van der Waals surface area contributed by atoms with E-state index < -0.39 is 0 Å². The van der Waals surface area contributed by atoms with Crippen LogP contribution in [0.3, 0.4) is 0 Å². The number of anilines is 1. The quantitative estimate of drug-likeness (QED) is 0.672. The number of rotatable bonds is 7. The summed E-state index contributed by atoms with van der Waals surface area (Å²) in [5.74, 6) is 0.226. The molecule has 2 aromatic rings. The molecule has 3 nitrogen and oxygen atoms in total. The van der Waals surface area contributed by atoms with Crippen molar-refractivity contribution in [2.75, 3.05) is 24.5 Å². The molecular formula is C24H29ClN2O. The Hall–Kier alpha value is -2.26. The van der Waals surface area contributed by atoms with Crippen LogP contribution in [0.4, 0.5) is 5.69 Å². The Balaban J connectivity index is 1.54. The van der Waals surface area contributed by atoms with Gasteiger partial charge >= 0.3 is 0 Å². The molecule has 0 aliphatic carbocycles. The fraction of sp³-hybridized carbons (Fsp3) is 0.375. The summed E-state index contributed by atoms with van der Waals surface area (Å²) in [6, 6.07) is 16.3. The average Bonchev–Trinajstić information content (AvgIpc) is 3.20. The van der Waals surface area contributed by atoms with Crippen LogP contribution in [0.25, 0.3) is 5.57 Å². The molecule has 4 heteroatoms. The van der Waals surface area contributed by atoms with Gasteiger partial charge in [-0.15, -0.1) is 0 Å². The first-order valence-corrected chi connectivity index (χ1v) is 10.5. The molecule has 1 aliphatic rings. The Kier molecular flexibility index (Phi) is 7.16. The fourth-order valence-corrected chi connectivity index (χ4v) is 4.02. The summed E-state index contributed by atoms with van der Waals surface area (Å²) in [7, 11) is 0. The van der Waals surface area contributed by atoms with Crippen molar-refractivity contribution < 1.29 is 4.79 Å². The highest BCUT2D eigenvalue weighted by Crippen LogP contribution is 2.26. The first kappa shape index (κ1) is 20.5. The molecule has 0 bridgehead atoms. The maximum atomic E-state index is 12.6. The van der Waals surface area contributed by atoms with Crippen molar-refractivity contribution in [2.45, 2.75) is 33.1 Å². The molecule has 1 atom stereocenters. The summed E-state index contributed by atoms with van der Waals surface area (Å²) >= 11 is 6.19. The molecule has 1 fully saturated rings. The Labute approximate surface area is 173 Å². The highest BCUT2D eigenvalue weighted by molar-refractivity contribution is 6.30. The first-order valence-electron chi connectivity index (χ1n) is 10.1. The molecular weight excluding hydrogens is 368 g/mol. The van der Waals surface area contributed by atoms with Crippen molar-refractivity contribution in [1.29, 1.82) is 0 Å². The fourth-order valence-electron chi connectivity index (χ4n) is 3.85. The van der Waals surface area contributed by atoms with Gasteiger partial charge in [0.15, 0.2) is 0 Å². The lowest BCUT2D eigenvalue weighted by molar-refractivity contribution is -0.124. The van der Waals surface area contributed by atoms with E-state index in [1.165, 1.54) is 22.4 Å². The third-order valence-electron chi connectivity index (χ3n) is 5.37. The molecule has 1 heterocycles. The van der Waals surface area contributed by atoms with Gasteiger partial charge in [0, 0.05) is 30.3 Å². The third kappa shape index (κ3) is 5.17. The largest absolute Gasteiger partial charge is 0.371 e. The van der Waals surface area contributed by atoms with Crippen LogP contribution < -0.4 is 10.2 Å². The van der Waals surface area contributed by atoms with Crippen molar-refractivity contribution in [2.24, 2.45) is 5.92 Å². The van der Waals surface area contributed by atoms with Crippen LogP contribution >= 0.6 is 11.6 Å². The van der Waals surface area contributed by atoms with Gasteiger partial charge in [0.2, 0.25) is 5.91 Å². The van der Waals surface area contributed by atoms with E-state index in [2.05, 4.69) is 48.3 Å². The second-order valence-corrected chi connectivity index (χ2v) is 7.84. The van der Waals surface area contributed by atoms with Gasteiger partial charge in [0.05, 0.1) is 5.92 Å². The van der Waals surface area contributed by atoms with Crippen LogP contribution in [0.15, 0.2) is 54.6 Å². The standard InChI is InChI=1S/C24H29ClN2O/c1-3-7-19(23-16-21(25)11-10-18(23)2)12-14-26-24(28)20-13-15-27(17-20)22-8-5-4-6-9-22/h4-11,16,20H,3,12-15,17H2,1-2H3,(H,26,28)/b19-7-. The maximum absolute atomic E-state index is 12.6. The number of carbonyl (C=O) groups is 1. The van der Waals surface area contributed by atoms with E-state index in [0.29, 0.717) is 6.54 Å². The molecule has 148 valence electrons. The molecule has 1 saturated heterocycles. The number of carbonyl (C=O) groups excluding carboxylic acids is 1. The third-order valence-corrected chi connectivity index (χ3v) is 5.61. The Bertz CT molecular complexity index is 832. The molecule has 0 saturated carbocycles. The summed E-state index contributed by atoms with van der Waals surface area (Å²) in [5.41, 5.74) is 4.84. The van der Waals surface area contributed by atoms with E-state index in [-0.39, 0.29) is 11.8 Å². The highest BCUT2D eigenvalue weighted by Gasteiger charge is 2.28. The van der Waals surface area contributed by atoms with E-state index in [1.807, 2.05) is 30.3 Å². The van der Waals surface area contributed by atoms with Gasteiger partial charge in [-0.3, -0.25) is 4.79 Å². The van der Waals surface area contributed by atoms with Crippen molar-refractivity contribution in [3.63, 3.8) is 0 Å². The Morgan fingerprint density at radius 3 is 2.79 bits per heavy atom. The molecule has 1 N–H and O–H groups in total. The molecule has 1 unspecified atom stereocenters. The van der Waals surface area contributed by atoms with Crippen LogP contribution in [-0.4, -0.2) is 25.5 Å². The molecule has 2 aromatic carbocycles. The predicted octanol–water partition coefficient (Wildman–Crippen LogP) is 5.47. The number of nitrogens with one attached hydrogen (secondary N) is 1. The first-order chi connectivity index (χ1) is 13.6. The minimum atomic E-state index is 0.0618. The van der Waals surface area contributed by atoms with E-state index >= 15 is 0 Å². The SMILES string of the molecule is CC/C=C(/CCNC(=O)C1CCN(c2ccccc2)C1)c1cc(Cl)ccc1C. The zero-order chi connectivity index (χ0) is 19.9. The number of halogens is 1. The predicted molar refractivity (Wildman–Crippen MR) is 119 cm³/mol. The van der Waals surface area contributed by atoms with Crippen LogP contribution in [0.2, 0.25) is 5.02 Å². The van der Waals surface area contributed by atoms with Crippen LogP contribution in [-0.2, 0) is 4.79 Å². The topological polar surface area (TPSA) is 32.3 Å². The summed E-state index contributed by atoms with van der Waals surface area (Å²) in [4.78, 5) is 14.9. The zero-order valence-corrected chi connectivity index (χ0v) is 17.5. The molecule has 28 heavy (non-hydrogen) atoms. The number of nitrogens with zero attached hydrogens (tertiary/aromatic N) is 1. The second-order valence-electron chi connectivity index (χ2n) is 7.41. The van der Waals surface area contributed by atoms with E-state index in [1.54, 1.807) is 0 Å². The monoisotopic (exact) mass is 396 g/mol. The van der Waals surface area contributed by atoms with Crippen LogP contribution in [0.1, 0.15) is 37.3 Å². The lowest BCUT2D eigenvalue weighted by Gasteiger charge is -2.18. The molecule has 3 rings (SSSR count). The molecule has 1 aliphatic heterocycles. The number of allylic oxidation sites excluding steroid dienone is 1. The highest BCUT2D eigenvalue weighted by atomic mass is 35.5. The van der Waals surface area contributed by atoms with Gasteiger partial charge < -0.3 is 10.2 Å². The number of benzene rings is 2. The minimum Gasteiger partial charge on any atom is -0.371 e. The maximum Gasteiger partial charge on any atom is 0.224 e. The van der Waals surface area contributed by atoms with Crippen LogP contribution in [0, 0.1) is 12.8 Å². The van der Waals surface area contributed by atoms with Crippen LogP contribution in [0.5, 0.6) is 0 Å².